The molecule has 0 aromatic carbocycles. The molecule has 1 saturated heterocycles. The fourth-order valence-corrected chi connectivity index (χ4v) is 2.58. The maximum absolute atomic E-state index is 10.0. The number of ether oxygens (including phenoxy) is 1. The van der Waals surface area contributed by atoms with Crippen molar-refractivity contribution in [1.82, 2.24) is 14.5 Å². The van der Waals surface area contributed by atoms with Gasteiger partial charge in [0.15, 0.2) is 0 Å². The van der Waals surface area contributed by atoms with Crippen LogP contribution in [0.2, 0.25) is 0 Å². The van der Waals surface area contributed by atoms with E-state index in [1.807, 2.05) is 13.8 Å². The molecule has 22 heavy (non-hydrogen) atoms. The molecule has 0 unspecified atom stereocenters. The normalized spacial score (nSPS) is 25.0. The molecule has 0 saturated carbocycles. The Kier molecular flexibility index (Phi) is 6.34. The van der Waals surface area contributed by atoms with Crippen molar-refractivity contribution in [2.24, 2.45) is 0 Å². The van der Waals surface area contributed by atoms with E-state index < -0.39 is 18.4 Å². The second-order valence-corrected chi connectivity index (χ2v) is 4.91. The molecular formula is C13H15N3O4RbRf-. The minimum Gasteiger partial charge on any atom is -0.556 e. The second-order valence-electron chi connectivity index (χ2n) is 4.91. The summed E-state index contributed by atoms with van der Waals surface area (Å²) in [6.45, 7) is 3.38. The molecule has 0 spiro atoms. The first kappa shape index (κ1) is 19.3. The summed E-state index contributed by atoms with van der Waals surface area (Å²) in [5.74, 6) is 0. The van der Waals surface area contributed by atoms with Crippen LogP contribution in [0.15, 0.2) is 6.20 Å². The van der Waals surface area contributed by atoms with Gasteiger partial charge in [-0.05, 0) is 24.8 Å². The topological polar surface area (TPSA) is 101 Å². The Hall–Kier alpha value is -0.735. The average Bonchev–Trinajstić information content (AvgIpc) is 2.90. The third-order valence-corrected chi connectivity index (χ3v) is 3.58. The van der Waals surface area contributed by atoms with Gasteiger partial charge in [-0.3, -0.25) is 0 Å². The van der Waals surface area contributed by atoms with Crippen LogP contribution in [-0.2, 0) is 4.74 Å². The van der Waals surface area contributed by atoms with Crippen LogP contribution in [0, 0.1) is 26.3 Å². The van der Waals surface area contributed by atoms with Crippen molar-refractivity contribution in [3.8, 4) is 0 Å². The summed E-state index contributed by atoms with van der Waals surface area (Å²) in [7, 11) is 0. The Labute approximate surface area is 170 Å². The molecule has 0 amide bonds. The summed E-state index contributed by atoms with van der Waals surface area (Å²) in [5, 5.41) is 29.8. The number of aliphatic hydroxyl groups is 3. The fraction of sp³-hybridized carbons (Fsp3) is 0.462. The number of hydrogen-bond acceptors (Lipinski definition) is 6. The molecule has 0 bridgehead atoms. The number of aryl methyl sites for hydroxylation is 2. The molecule has 0 aliphatic carbocycles. The van der Waals surface area contributed by atoms with Gasteiger partial charge < -0.3 is 34.6 Å². The predicted molar refractivity (Wildman–Crippen MR) is 68.0 cm³/mol. The Morgan fingerprint density at radius 2 is 2.09 bits per heavy atom. The standard InChI is InChI=1S/C13H15N3O4.Rb.Rf/c1-6-3-16(12-9(6)7(2)14-5-15-12)13-11(19)10(18)8(4-17)20-13;;/h3,8,10,13,17-19H,4H2,1-2H3;;/q-2;+1;/t8-,10-,13-;;/m1../s1. The zero-order valence-corrected chi connectivity index (χ0v) is 24.1. The number of hydrogen-bond donors (Lipinski definition) is 3. The quantitative estimate of drug-likeness (QED) is 0.307. The molecule has 1 aliphatic heterocycles. The maximum Gasteiger partial charge on any atom is 1.00 e. The van der Waals surface area contributed by atoms with E-state index >= 15 is 0 Å². The molecule has 110 valence electrons. The van der Waals surface area contributed by atoms with Crippen LogP contribution in [0.1, 0.15) is 17.5 Å². The molecule has 2 aromatic heterocycles. The van der Waals surface area contributed by atoms with E-state index in [0.717, 1.165) is 16.6 Å². The summed E-state index contributed by atoms with van der Waals surface area (Å²) < 4.78 is 7.10. The zero-order valence-electron chi connectivity index (χ0n) is 12.8. The van der Waals surface area contributed by atoms with Gasteiger partial charge in [-0.15, -0.1) is 6.10 Å². The van der Waals surface area contributed by atoms with Crippen LogP contribution in [-0.4, -0.2) is 48.7 Å². The maximum atomic E-state index is 10.0. The molecule has 3 heterocycles. The van der Waals surface area contributed by atoms with Crippen molar-refractivity contribution in [2.75, 3.05) is 6.61 Å². The van der Waals surface area contributed by atoms with E-state index in [9.17, 15) is 10.2 Å². The van der Waals surface area contributed by atoms with E-state index in [0.29, 0.717) is 5.65 Å². The van der Waals surface area contributed by atoms with E-state index in [2.05, 4.69) is 16.3 Å². The van der Waals surface area contributed by atoms with Crippen LogP contribution in [0.5, 0.6) is 0 Å². The summed E-state index contributed by atoms with van der Waals surface area (Å²) >= 11 is 0. The van der Waals surface area contributed by atoms with Crippen LogP contribution < -0.4 is 58.2 Å². The van der Waals surface area contributed by atoms with E-state index in [4.69, 9.17) is 9.84 Å². The van der Waals surface area contributed by atoms with Gasteiger partial charge in [-0.2, -0.15) is 0 Å². The van der Waals surface area contributed by atoms with Crippen molar-refractivity contribution in [3.63, 3.8) is 0 Å². The van der Waals surface area contributed by atoms with Gasteiger partial charge in [-0.25, -0.2) is 0 Å². The van der Waals surface area contributed by atoms with Crippen LogP contribution in [0.3, 0.4) is 0 Å². The van der Waals surface area contributed by atoms with E-state index in [-0.39, 0.29) is 70.9 Å². The van der Waals surface area contributed by atoms with Gasteiger partial charge >= 0.3 is 58.2 Å². The van der Waals surface area contributed by atoms with Crippen LogP contribution in [0.4, 0.5) is 0 Å². The molecule has 2 aromatic rings. The predicted octanol–water partition coefficient (Wildman–Crippen LogP) is -2.99. The molecule has 7 nitrogen and oxygen atoms in total. The van der Waals surface area contributed by atoms with Gasteiger partial charge in [-0.1, -0.05) is 18.0 Å². The Morgan fingerprint density at radius 3 is 2.68 bits per heavy atom. The monoisotopic (exact) mass is 629 g/mol. The molecule has 1 fully saturated rings. The van der Waals surface area contributed by atoms with E-state index in [1.165, 1.54) is 0 Å². The number of aromatic nitrogens is 3. The van der Waals surface area contributed by atoms with Gasteiger partial charge in [0, 0.05) is 18.2 Å². The van der Waals surface area contributed by atoms with Crippen molar-refractivity contribution in [1.29, 1.82) is 0 Å². The summed E-state index contributed by atoms with van der Waals surface area (Å²) in [6, 6.07) is 0. The molecule has 1 aliphatic rings. The average molecular weight is 630 g/mol. The molecular weight excluding hydrogens is 615 g/mol. The van der Waals surface area contributed by atoms with E-state index in [1.54, 1.807) is 10.8 Å². The first-order valence-electron chi connectivity index (χ1n) is 6.26. The molecule has 0 radical (unpaired) electrons. The summed E-state index contributed by atoms with van der Waals surface area (Å²) in [4.78, 5) is 8.12. The van der Waals surface area contributed by atoms with Crippen molar-refractivity contribution in [2.45, 2.75) is 32.3 Å². The third-order valence-electron chi connectivity index (χ3n) is 3.58. The summed E-state index contributed by atoms with van der Waals surface area (Å²) in [6.07, 6.45) is 1.16. The van der Waals surface area contributed by atoms with Crippen molar-refractivity contribution >= 4 is 11.0 Å². The Bertz CT molecular complexity index is 653. The van der Waals surface area contributed by atoms with Crippen molar-refractivity contribution in [3.05, 3.63) is 29.9 Å². The SMILES string of the molecule is Cc1cn([C@@H]2O[C@H](CO)[C@@H](O)[C-]2O)c2n[c-]nc(C)c12.[Rb+].[Rf]. The number of fused-ring (bicyclic) bond motifs is 1. The molecule has 3 atom stereocenters. The van der Waals surface area contributed by atoms with Gasteiger partial charge in [0.1, 0.15) is 0 Å². The minimum atomic E-state index is -1.21. The van der Waals surface area contributed by atoms with Crippen LogP contribution in [0.25, 0.3) is 11.0 Å². The molecule has 3 N–H and O–H groups in total. The van der Waals surface area contributed by atoms with Gasteiger partial charge in [0.25, 0.3) is 0 Å². The largest absolute Gasteiger partial charge is 1.00 e. The van der Waals surface area contributed by atoms with Gasteiger partial charge in [0.05, 0.1) is 12.7 Å². The first-order chi connectivity index (χ1) is 9.54. The Morgan fingerprint density at radius 1 is 1.41 bits per heavy atom. The number of aliphatic hydroxyl groups excluding tert-OH is 3. The first-order valence-corrected chi connectivity index (χ1v) is 6.26. The minimum absolute atomic E-state index is 0. The van der Waals surface area contributed by atoms with Crippen LogP contribution >= 0.6 is 0 Å². The second kappa shape index (κ2) is 7.22. The summed E-state index contributed by atoms with van der Waals surface area (Å²) in [5.41, 5.74) is 2.28. The zero-order chi connectivity index (χ0) is 14.4. The van der Waals surface area contributed by atoms with Gasteiger partial charge in [0.2, 0.25) is 0 Å². The third kappa shape index (κ3) is 2.88. The van der Waals surface area contributed by atoms with Crippen molar-refractivity contribution < 1.29 is 78.2 Å². The number of rotatable bonds is 2. The smallest absolute Gasteiger partial charge is 0.556 e. The number of nitrogens with zero attached hydrogens (tertiary/aromatic N) is 3. The molecule has 3 rings (SSSR count). The molecule has 9 heteroatoms. The fourth-order valence-electron chi connectivity index (χ4n) is 2.58. The Balaban J connectivity index is 0.00000121.